The molecule has 0 bridgehead atoms. The fraction of sp³-hybridized carbons (Fsp3) is 0.562. The predicted octanol–water partition coefficient (Wildman–Crippen LogP) is 2.30. The van der Waals surface area contributed by atoms with Crippen LogP contribution in [-0.4, -0.2) is 44.1 Å². The zero-order valence-electron chi connectivity index (χ0n) is 13.0. The lowest BCUT2D eigenvalue weighted by Crippen LogP contribution is -2.32. The molecule has 1 fully saturated rings. The molecule has 0 heterocycles. The molecule has 0 atom stereocenters. The minimum absolute atomic E-state index is 0.430. The highest BCUT2D eigenvalue weighted by molar-refractivity contribution is 5.93. The molecular formula is C16H26N4O. The summed E-state index contributed by atoms with van der Waals surface area (Å²) in [6.07, 6.45) is 5.34. The maximum absolute atomic E-state index is 5.93. The van der Waals surface area contributed by atoms with Crippen molar-refractivity contribution >= 4 is 11.6 Å². The summed E-state index contributed by atoms with van der Waals surface area (Å²) in [6.45, 7) is 1.65. The second kappa shape index (κ2) is 7.88. The molecule has 0 aliphatic heterocycles. The van der Waals surface area contributed by atoms with Gasteiger partial charge < -0.3 is 20.7 Å². The second-order valence-electron chi connectivity index (χ2n) is 5.51. The molecule has 0 radical (unpaired) electrons. The summed E-state index contributed by atoms with van der Waals surface area (Å²) < 4.78 is 5.28. The van der Waals surface area contributed by atoms with E-state index in [1.165, 1.54) is 25.7 Å². The lowest BCUT2D eigenvalue weighted by atomic mass is 10.2. The van der Waals surface area contributed by atoms with Gasteiger partial charge in [-0.3, -0.25) is 4.99 Å². The summed E-state index contributed by atoms with van der Waals surface area (Å²) in [5.41, 5.74) is 6.77. The topological polar surface area (TPSA) is 62.9 Å². The first-order chi connectivity index (χ1) is 10.2. The number of hydrogen-bond acceptors (Lipinski definition) is 3. The van der Waals surface area contributed by atoms with E-state index >= 15 is 0 Å². The van der Waals surface area contributed by atoms with Gasteiger partial charge in [0.2, 0.25) is 0 Å². The monoisotopic (exact) mass is 290 g/mol. The van der Waals surface area contributed by atoms with Crippen LogP contribution in [0.5, 0.6) is 5.75 Å². The third-order valence-electron chi connectivity index (χ3n) is 4.05. The van der Waals surface area contributed by atoms with E-state index in [0.717, 1.165) is 24.0 Å². The number of nitrogens with two attached hydrogens (primary N) is 1. The third-order valence-corrected chi connectivity index (χ3v) is 4.05. The summed E-state index contributed by atoms with van der Waals surface area (Å²) in [5, 5.41) is 3.09. The lowest BCUT2D eigenvalue weighted by molar-refractivity contribution is 0.252. The molecule has 5 heteroatoms. The molecule has 1 saturated carbocycles. The van der Waals surface area contributed by atoms with Crippen molar-refractivity contribution in [3.63, 3.8) is 0 Å². The molecule has 3 N–H and O–H groups in total. The normalized spacial score (nSPS) is 16.4. The molecule has 1 aromatic carbocycles. The molecule has 21 heavy (non-hydrogen) atoms. The minimum atomic E-state index is 0.430. The van der Waals surface area contributed by atoms with Gasteiger partial charge in [-0.05, 0) is 32.0 Å². The number of methoxy groups -OCH3 is 1. The van der Waals surface area contributed by atoms with Crippen molar-refractivity contribution in [1.29, 1.82) is 0 Å². The lowest BCUT2D eigenvalue weighted by Gasteiger charge is -2.22. The van der Waals surface area contributed by atoms with Crippen molar-refractivity contribution < 1.29 is 4.74 Å². The van der Waals surface area contributed by atoms with Crippen molar-refractivity contribution in [3.8, 4) is 5.75 Å². The Labute approximate surface area is 127 Å². The molecule has 2 rings (SSSR count). The van der Waals surface area contributed by atoms with Crippen LogP contribution in [0.4, 0.5) is 5.69 Å². The summed E-state index contributed by atoms with van der Waals surface area (Å²) in [6, 6.07) is 8.40. The molecule has 0 unspecified atom stereocenters. The maximum Gasteiger partial charge on any atom is 0.193 e. The van der Waals surface area contributed by atoms with Gasteiger partial charge in [0.25, 0.3) is 0 Å². The van der Waals surface area contributed by atoms with Crippen LogP contribution in [0.15, 0.2) is 29.3 Å². The Hall–Kier alpha value is -1.75. The quantitative estimate of drug-likeness (QED) is 0.623. The number of anilines is 1. The van der Waals surface area contributed by atoms with Gasteiger partial charge in [-0.15, -0.1) is 0 Å². The summed E-state index contributed by atoms with van der Waals surface area (Å²) in [5.74, 6) is 1.19. The van der Waals surface area contributed by atoms with Crippen LogP contribution < -0.4 is 15.8 Å². The maximum atomic E-state index is 5.93. The largest absolute Gasteiger partial charge is 0.495 e. The number of para-hydroxylation sites is 2. The van der Waals surface area contributed by atoms with Crippen LogP contribution in [0.25, 0.3) is 0 Å². The van der Waals surface area contributed by atoms with Crippen LogP contribution >= 0.6 is 0 Å². The van der Waals surface area contributed by atoms with Crippen molar-refractivity contribution in [2.45, 2.75) is 31.7 Å². The zero-order valence-corrected chi connectivity index (χ0v) is 13.0. The second-order valence-corrected chi connectivity index (χ2v) is 5.51. The fourth-order valence-corrected chi connectivity index (χ4v) is 2.78. The number of nitrogens with zero attached hydrogens (tertiary/aromatic N) is 2. The molecule has 0 amide bonds. The van der Waals surface area contributed by atoms with Gasteiger partial charge in [0, 0.05) is 12.6 Å². The molecule has 5 nitrogen and oxygen atoms in total. The van der Waals surface area contributed by atoms with Crippen LogP contribution in [0.1, 0.15) is 25.7 Å². The third kappa shape index (κ3) is 4.63. The Morgan fingerprint density at radius 2 is 2.10 bits per heavy atom. The Kier molecular flexibility index (Phi) is 5.87. The molecule has 1 aliphatic carbocycles. The van der Waals surface area contributed by atoms with E-state index in [2.05, 4.69) is 22.3 Å². The number of ether oxygens (including phenoxy) is 1. The Balaban J connectivity index is 1.81. The average Bonchev–Trinajstić information content (AvgIpc) is 3.02. The first-order valence-electron chi connectivity index (χ1n) is 7.61. The van der Waals surface area contributed by atoms with E-state index in [1.54, 1.807) is 7.11 Å². The summed E-state index contributed by atoms with van der Waals surface area (Å²) >= 11 is 0. The van der Waals surface area contributed by atoms with Gasteiger partial charge in [0.15, 0.2) is 5.96 Å². The van der Waals surface area contributed by atoms with E-state index in [9.17, 15) is 0 Å². The SMILES string of the molecule is COc1ccccc1NC(N)=NCCN(C)C1CCCC1. The number of benzene rings is 1. The van der Waals surface area contributed by atoms with Crippen LogP contribution in [0.3, 0.4) is 0 Å². The minimum Gasteiger partial charge on any atom is -0.495 e. The number of aliphatic imine (C=N–C) groups is 1. The molecule has 0 aromatic heterocycles. The van der Waals surface area contributed by atoms with E-state index in [0.29, 0.717) is 12.5 Å². The van der Waals surface area contributed by atoms with Crippen molar-refractivity contribution in [2.24, 2.45) is 10.7 Å². The smallest absolute Gasteiger partial charge is 0.193 e. The first-order valence-corrected chi connectivity index (χ1v) is 7.61. The predicted molar refractivity (Wildman–Crippen MR) is 88.0 cm³/mol. The molecule has 1 aromatic rings. The van der Waals surface area contributed by atoms with Crippen molar-refractivity contribution in [3.05, 3.63) is 24.3 Å². The summed E-state index contributed by atoms with van der Waals surface area (Å²) in [4.78, 5) is 6.79. The zero-order chi connectivity index (χ0) is 15.1. The highest BCUT2D eigenvalue weighted by atomic mass is 16.5. The summed E-state index contributed by atoms with van der Waals surface area (Å²) in [7, 11) is 3.82. The standard InChI is InChI=1S/C16H26N4O/c1-20(13-7-3-4-8-13)12-11-18-16(17)19-14-9-5-6-10-15(14)21-2/h5-6,9-10,13H,3-4,7-8,11-12H2,1-2H3,(H3,17,18,19). The Morgan fingerprint density at radius 1 is 1.38 bits per heavy atom. The van der Waals surface area contributed by atoms with Crippen molar-refractivity contribution in [1.82, 2.24) is 4.90 Å². The van der Waals surface area contributed by atoms with E-state index in [1.807, 2.05) is 24.3 Å². The van der Waals surface area contributed by atoms with Crippen LogP contribution in [0.2, 0.25) is 0 Å². The van der Waals surface area contributed by atoms with Crippen molar-refractivity contribution in [2.75, 3.05) is 32.6 Å². The van der Waals surface area contributed by atoms with E-state index < -0.39 is 0 Å². The molecule has 0 saturated heterocycles. The Morgan fingerprint density at radius 3 is 2.81 bits per heavy atom. The fourth-order valence-electron chi connectivity index (χ4n) is 2.78. The van der Waals surface area contributed by atoms with Gasteiger partial charge in [0.05, 0.1) is 19.3 Å². The first kappa shape index (κ1) is 15.6. The van der Waals surface area contributed by atoms with Crippen LogP contribution in [-0.2, 0) is 0 Å². The van der Waals surface area contributed by atoms with Gasteiger partial charge in [-0.25, -0.2) is 0 Å². The molecule has 0 spiro atoms. The number of guanidine groups is 1. The molecule has 1 aliphatic rings. The molecule has 116 valence electrons. The van der Waals surface area contributed by atoms with Gasteiger partial charge in [0.1, 0.15) is 5.75 Å². The van der Waals surface area contributed by atoms with Gasteiger partial charge >= 0.3 is 0 Å². The average molecular weight is 290 g/mol. The van der Waals surface area contributed by atoms with Gasteiger partial charge in [-0.1, -0.05) is 25.0 Å². The number of hydrogen-bond donors (Lipinski definition) is 2. The number of likely N-dealkylation sites (N-methyl/N-ethyl adjacent to an activating group) is 1. The van der Waals surface area contributed by atoms with Crippen LogP contribution in [0, 0.1) is 0 Å². The van der Waals surface area contributed by atoms with E-state index in [4.69, 9.17) is 10.5 Å². The van der Waals surface area contributed by atoms with Gasteiger partial charge in [-0.2, -0.15) is 0 Å². The number of nitrogens with one attached hydrogen (secondary N) is 1. The highest BCUT2D eigenvalue weighted by Gasteiger charge is 2.18. The Bertz CT molecular complexity index is 469. The molecular weight excluding hydrogens is 264 g/mol. The number of rotatable bonds is 6. The highest BCUT2D eigenvalue weighted by Crippen LogP contribution is 2.23. The van der Waals surface area contributed by atoms with E-state index in [-0.39, 0.29) is 0 Å².